The maximum atomic E-state index is 11.9. The average Bonchev–Trinajstić information content (AvgIpc) is 2.37. The molecule has 7 nitrogen and oxygen atoms in total. The molecular formula is C13H23NO6. The summed E-state index contributed by atoms with van der Waals surface area (Å²) in [4.78, 5) is 25.1. The summed E-state index contributed by atoms with van der Waals surface area (Å²) in [6.45, 7) is 8.51. The van der Waals surface area contributed by atoms with Gasteiger partial charge in [0.1, 0.15) is 6.04 Å². The normalized spacial score (nSPS) is 20.0. The van der Waals surface area contributed by atoms with E-state index in [4.69, 9.17) is 14.2 Å². The van der Waals surface area contributed by atoms with Crippen molar-refractivity contribution < 1.29 is 28.5 Å². The highest BCUT2D eigenvalue weighted by molar-refractivity contribution is 5.76. The highest BCUT2D eigenvalue weighted by Crippen LogP contribution is 2.12. The van der Waals surface area contributed by atoms with Crippen LogP contribution in [0.25, 0.3) is 0 Å². The first-order valence-corrected chi connectivity index (χ1v) is 6.75. The Kier molecular flexibility index (Phi) is 6.74. The monoisotopic (exact) mass is 289 g/mol. The molecule has 1 atom stereocenters. The smallest absolute Gasteiger partial charge is 0.431 e. The second kappa shape index (κ2) is 8.06. The summed E-state index contributed by atoms with van der Waals surface area (Å²) >= 11 is 0. The first kappa shape index (κ1) is 16.7. The van der Waals surface area contributed by atoms with Crippen molar-refractivity contribution >= 4 is 12.1 Å². The molecule has 116 valence electrons. The Hall–Kier alpha value is -1.34. The zero-order chi connectivity index (χ0) is 15.1. The number of rotatable bonds is 5. The molecule has 1 heterocycles. The second-order valence-corrected chi connectivity index (χ2v) is 5.06. The van der Waals surface area contributed by atoms with Gasteiger partial charge in [0.05, 0.1) is 19.3 Å². The van der Waals surface area contributed by atoms with Crippen LogP contribution < -0.4 is 0 Å². The predicted molar refractivity (Wildman–Crippen MR) is 70.1 cm³/mol. The van der Waals surface area contributed by atoms with Gasteiger partial charge in [0, 0.05) is 12.6 Å². The van der Waals surface area contributed by atoms with E-state index in [1.54, 1.807) is 13.8 Å². The molecule has 0 spiro atoms. The van der Waals surface area contributed by atoms with Crippen LogP contribution in [0.5, 0.6) is 0 Å². The third kappa shape index (κ3) is 5.34. The fourth-order valence-electron chi connectivity index (χ4n) is 1.90. The minimum absolute atomic E-state index is 0.211. The van der Waals surface area contributed by atoms with E-state index in [0.29, 0.717) is 13.2 Å². The van der Waals surface area contributed by atoms with Crippen molar-refractivity contribution in [2.45, 2.75) is 45.9 Å². The molecule has 1 aliphatic rings. The SMILES string of the molecule is CC(C)OC(=O)OCOC(=O)C1COCCN1C(C)C. The Morgan fingerprint density at radius 3 is 2.55 bits per heavy atom. The molecule has 1 aliphatic heterocycles. The Balaban J connectivity index is 2.35. The number of nitrogens with zero attached hydrogens (tertiary/aromatic N) is 1. The lowest BCUT2D eigenvalue weighted by Gasteiger charge is -2.36. The maximum Gasteiger partial charge on any atom is 0.511 e. The van der Waals surface area contributed by atoms with Gasteiger partial charge in [0.15, 0.2) is 0 Å². The lowest BCUT2D eigenvalue weighted by Crippen LogP contribution is -2.53. The van der Waals surface area contributed by atoms with Gasteiger partial charge in [-0.3, -0.25) is 9.69 Å². The summed E-state index contributed by atoms with van der Waals surface area (Å²) in [6.07, 6.45) is -1.13. The van der Waals surface area contributed by atoms with Gasteiger partial charge in [-0.15, -0.1) is 0 Å². The van der Waals surface area contributed by atoms with Gasteiger partial charge in [0.25, 0.3) is 0 Å². The lowest BCUT2D eigenvalue weighted by atomic mass is 10.2. The number of ether oxygens (including phenoxy) is 4. The number of hydrogen-bond donors (Lipinski definition) is 0. The van der Waals surface area contributed by atoms with Gasteiger partial charge in [-0.25, -0.2) is 4.79 Å². The van der Waals surface area contributed by atoms with Gasteiger partial charge in [-0.2, -0.15) is 0 Å². The number of carbonyl (C=O) groups excluding carboxylic acids is 2. The van der Waals surface area contributed by atoms with Crippen molar-refractivity contribution in [3.63, 3.8) is 0 Å². The minimum Gasteiger partial charge on any atom is -0.431 e. The molecule has 0 amide bonds. The summed E-state index contributed by atoms with van der Waals surface area (Å²) in [6, 6.07) is -0.253. The minimum atomic E-state index is -0.853. The van der Waals surface area contributed by atoms with E-state index in [9.17, 15) is 9.59 Å². The van der Waals surface area contributed by atoms with Crippen molar-refractivity contribution in [3.05, 3.63) is 0 Å². The van der Waals surface area contributed by atoms with Gasteiger partial charge >= 0.3 is 12.1 Å². The van der Waals surface area contributed by atoms with E-state index in [1.165, 1.54) is 0 Å². The van der Waals surface area contributed by atoms with E-state index in [0.717, 1.165) is 0 Å². The molecule has 1 rings (SSSR count). The van der Waals surface area contributed by atoms with Crippen LogP contribution in [0.3, 0.4) is 0 Å². The Bertz CT molecular complexity index is 331. The molecule has 0 saturated carbocycles. The van der Waals surface area contributed by atoms with Gasteiger partial charge < -0.3 is 18.9 Å². The third-order valence-electron chi connectivity index (χ3n) is 2.82. The summed E-state index contributed by atoms with van der Waals surface area (Å²) in [5, 5.41) is 0. The first-order valence-electron chi connectivity index (χ1n) is 6.75. The summed E-state index contributed by atoms with van der Waals surface area (Å²) < 4.78 is 19.6. The first-order chi connectivity index (χ1) is 9.41. The van der Waals surface area contributed by atoms with Gasteiger partial charge in [0.2, 0.25) is 6.79 Å². The zero-order valence-corrected chi connectivity index (χ0v) is 12.5. The maximum absolute atomic E-state index is 11.9. The molecule has 0 aliphatic carbocycles. The Morgan fingerprint density at radius 1 is 1.25 bits per heavy atom. The molecule has 1 saturated heterocycles. The molecule has 0 aromatic carbocycles. The number of carbonyl (C=O) groups is 2. The van der Waals surface area contributed by atoms with Crippen molar-refractivity contribution in [2.75, 3.05) is 26.6 Å². The summed E-state index contributed by atoms with van der Waals surface area (Å²) in [7, 11) is 0. The molecular weight excluding hydrogens is 266 g/mol. The van der Waals surface area contributed by atoms with Crippen LogP contribution >= 0.6 is 0 Å². The van der Waals surface area contributed by atoms with E-state index in [1.807, 2.05) is 18.7 Å². The highest BCUT2D eigenvalue weighted by atomic mass is 16.8. The van der Waals surface area contributed by atoms with E-state index in [2.05, 4.69) is 4.74 Å². The van der Waals surface area contributed by atoms with Crippen LogP contribution in [0.1, 0.15) is 27.7 Å². The summed E-state index contributed by atoms with van der Waals surface area (Å²) in [5.74, 6) is -0.462. The van der Waals surface area contributed by atoms with Crippen LogP contribution in [-0.2, 0) is 23.7 Å². The van der Waals surface area contributed by atoms with Gasteiger partial charge in [-0.05, 0) is 27.7 Å². The number of morpholine rings is 1. The fraction of sp³-hybridized carbons (Fsp3) is 0.846. The van der Waals surface area contributed by atoms with Crippen LogP contribution in [0.2, 0.25) is 0 Å². The molecule has 0 aromatic rings. The third-order valence-corrected chi connectivity index (χ3v) is 2.82. The average molecular weight is 289 g/mol. The molecule has 20 heavy (non-hydrogen) atoms. The number of hydrogen-bond acceptors (Lipinski definition) is 7. The van der Waals surface area contributed by atoms with Crippen molar-refractivity contribution in [2.24, 2.45) is 0 Å². The van der Waals surface area contributed by atoms with Crippen molar-refractivity contribution in [1.29, 1.82) is 0 Å². The quantitative estimate of drug-likeness (QED) is 0.555. The van der Waals surface area contributed by atoms with Crippen LogP contribution in [0.15, 0.2) is 0 Å². The Morgan fingerprint density at radius 2 is 1.95 bits per heavy atom. The van der Waals surface area contributed by atoms with Gasteiger partial charge in [-0.1, -0.05) is 0 Å². The molecule has 1 fully saturated rings. The topological polar surface area (TPSA) is 74.3 Å². The standard InChI is InChI=1S/C13H23NO6/c1-9(2)14-5-6-17-7-11(14)12(15)18-8-19-13(16)20-10(3)4/h9-11H,5-8H2,1-4H3. The van der Waals surface area contributed by atoms with E-state index in [-0.39, 0.29) is 18.8 Å². The fourth-order valence-corrected chi connectivity index (χ4v) is 1.90. The highest BCUT2D eigenvalue weighted by Gasteiger charge is 2.32. The predicted octanol–water partition coefficient (Wildman–Crippen LogP) is 1.16. The largest absolute Gasteiger partial charge is 0.511 e. The summed E-state index contributed by atoms with van der Waals surface area (Å²) in [5.41, 5.74) is 0. The number of esters is 1. The molecule has 0 N–H and O–H groups in total. The van der Waals surface area contributed by atoms with Crippen molar-refractivity contribution in [3.8, 4) is 0 Å². The zero-order valence-electron chi connectivity index (χ0n) is 12.5. The van der Waals surface area contributed by atoms with Crippen LogP contribution in [-0.4, -0.2) is 61.8 Å². The van der Waals surface area contributed by atoms with Crippen molar-refractivity contribution in [1.82, 2.24) is 4.90 Å². The van der Waals surface area contributed by atoms with E-state index < -0.39 is 25.0 Å². The van der Waals surface area contributed by atoms with Crippen LogP contribution in [0, 0.1) is 0 Å². The molecule has 0 bridgehead atoms. The lowest BCUT2D eigenvalue weighted by molar-refractivity contribution is -0.167. The van der Waals surface area contributed by atoms with Crippen LogP contribution in [0.4, 0.5) is 4.79 Å². The molecule has 1 unspecified atom stereocenters. The molecule has 0 radical (unpaired) electrons. The molecule has 0 aromatic heterocycles. The second-order valence-electron chi connectivity index (χ2n) is 5.06. The van der Waals surface area contributed by atoms with E-state index >= 15 is 0 Å². The Labute approximate surface area is 119 Å². The molecule has 7 heteroatoms.